The van der Waals surface area contributed by atoms with Gasteiger partial charge in [0, 0.05) is 6.54 Å². The summed E-state index contributed by atoms with van der Waals surface area (Å²) in [5, 5.41) is 0. The van der Waals surface area contributed by atoms with Gasteiger partial charge in [0.15, 0.2) is 0 Å². The first-order valence-electron chi connectivity index (χ1n) is 4.70. The van der Waals surface area contributed by atoms with Gasteiger partial charge in [0.2, 0.25) is 10.0 Å². The van der Waals surface area contributed by atoms with Crippen molar-refractivity contribution in [2.24, 2.45) is 5.41 Å². The van der Waals surface area contributed by atoms with E-state index in [0.717, 1.165) is 0 Å². The van der Waals surface area contributed by atoms with E-state index in [1.54, 1.807) is 0 Å². The fourth-order valence-corrected chi connectivity index (χ4v) is 2.69. The summed E-state index contributed by atoms with van der Waals surface area (Å²) in [5.74, 6) is -0.380. The number of hydrogen-bond acceptors (Lipinski definition) is 4. The van der Waals surface area contributed by atoms with Crippen LogP contribution in [0.25, 0.3) is 0 Å². The molecule has 6 heteroatoms. The highest BCUT2D eigenvalue weighted by atomic mass is 32.2. The number of hydrogen-bond donors (Lipinski definition) is 1. The second-order valence-electron chi connectivity index (χ2n) is 4.54. The van der Waals surface area contributed by atoms with Crippen molar-refractivity contribution >= 4 is 16.0 Å². The van der Waals surface area contributed by atoms with Crippen LogP contribution in [0.15, 0.2) is 0 Å². The molecule has 0 unspecified atom stereocenters. The van der Waals surface area contributed by atoms with Gasteiger partial charge in [-0.15, -0.1) is 0 Å². The molecule has 0 aromatic rings. The molecular weight excluding hydrogens is 218 g/mol. The zero-order valence-electron chi connectivity index (χ0n) is 9.66. The molecule has 0 radical (unpaired) electrons. The summed E-state index contributed by atoms with van der Waals surface area (Å²) in [6, 6.07) is 0. The Balaban J connectivity index is 4.01. The Labute approximate surface area is 91.2 Å². The van der Waals surface area contributed by atoms with Crippen LogP contribution < -0.4 is 4.72 Å². The van der Waals surface area contributed by atoms with Gasteiger partial charge in [-0.25, -0.2) is 13.1 Å². The minimum atomic E-state index is -3.30. The number of esters is 1. The summed E-state index contributed by atoms with van der Waals surface area (Å²) < 4.78 is 29.6. The van der Waals surface area contributed by atoms with Crippen molar-refractivity contribution in [1.82, 2.24) is 4.72 Å². The predicted molar refractivity (Wildman–Crippen MR) is 57.9 cm³/mol. The Morgan fingerprint density at radius 2 is 1.87 bits per heavy atom. The van der Waals surface area contributed by atoms with Crippen molar-refractivity contribution in [3.05, 3.63) is 0 Å². The number of sulfonamides is 1. The lowest BCUT2D eigenvalue weighted by atomic mass is 10.0. The third kappa shape index (κ3) is 8.38. The molecule has 0 atom stereocenters. The molecule has 15 heavy (non-hydrogen) atoms. The average molecular weight is 237 g/mol. The van der Waals surface area contributed by atoms with Gasteiger partial charge in [0.1, 0.15) is 0 Å². The zero-order valence-corrected chi connectivity index (χ0v) is 10.5. The van der Waals surface area contributed by atoms with Crippen molar-refractivity contribution < 1.29 is 17.9 Å². The van der Waals surface area contributed by atoms with E-state index in [4.69, 9.17) is 0 Å². The SMILES string of the molecule is COC(=O)CCNS(=O)(=O)CC(C)(C)C. The van der Waals surface area contributed by atoms with Crippen LogP contribution in [0.2, 0.25) is 0 Å². The molecule has 90 valence electrons. The maximum Gasteiger partial charge on any atom is 0.306 e. The first-order valence-corrected chi connectivity index (χ1v) is 6.36. The Hall–Kier alpha value is -0.620. The van der Waals surface area contributed by atoms with Gasteiger partial charge in [-0.2, -0.15) is 0 Å². The molecule has 0 rings (SSSR count). The number of nitrogens with one attached hydrogen (secondary N) is 1. The van der Waals surface area contributed by atoms with E-state index in [0.29, 0.717) is 0 Å². The van der Waals surface area contributed by atoms with Crippen molar-refractivity contribution in [2.75, 3.05) is 19.4 Å². The summed E-state index contributed by atoms with van der Waals surface area (Å²) in [6.45, 7) is 5.61. The van der Waals surface area contributed by atoms with E-state index in [1.165, 1.54) is 7.11 Å². The largest absolute Gasteiger partial charge is 0.469 e. The Bertz CT molecular complexity index is 303. The number of methoxy groups -OCH3 is 1. The molecule has 0 spiro atoms. The lowest BCUT2D eigenvalue weighted by Crippen LogP contribution is -2.33. The maximum absolute atomic E-state index is 11.5. The molecular formula is C9H19NO4S. The summed E-state index contributed by atoms with van der Waals surface area (Å²) in [4.78, 5) is 10.7. The van der Waals surface area contributed by atoms with Crippen molar-refractivity contribution in [1.29, 1.82) is 0 Å². The van der Waals surface area contributed by atoms with Crippen LogP contribution in [0.1, 0.15) is 27.2 Å². The highest BCUT2D eigenvalue weighted by molar-refractivity contribution is 7.89. The van der Waals surface area contributed by atoms with Gasteiger partial charge in [0.25, 0.3) is 0 Å². The van der Waals surface area contributed by atoms with E-state index in [9.17, 15) is 13.2 Å². The molecule has 1 N–H and O–H groups in total. The number of ether oxygens (including phenoxy) is 1. The molecule has 0 aromatic heterocycles. The highest BCUT2D eigenvalue weighted by Crippen LogP contribution is 2.15. The number of carbonyl (C=O) groups is 1. The first-order chi connectivity index (χ1) is 6.66. The van der Waals surface area contributed by atoms with Crippen LogP contribution in [-0.4, -0.2) is 33.8 Å². The van der Waals surface area contributed by atoms with E-state index < -0.39 is 16.0 Å². The van der Waals surface area contributed by atoms with E-state index in [1.807, 2.05) is 20.8 Å². The molecule has 0 heterocycles. The van der Waals surface area contributed by atoms with Crippen LogP contribution in [0.3, 0.4) is 0 Å². The summed E-state index contributed by atoms with van der Waals surface area (Å²) in [7, 11) is -2.03. The van der Waals surface area contributed by atoms with Gasteiger partial charge < -0.3 is 4.74 Å². The smallest absolute Gasteiger partial charge is 0.306 e. The van der Waals surface area contributed by atoms with Crippen LogP contribution in [0, 0.1) is 5.41 Å². The van der Waals surface area contributed by atoms with Crippen LogP contribution in [0.5, 0.6) is 0 Å². The number of rotatable bonds is 5. The molecule has 0 aliphatic carbocycles. The second kappa shape index (κ2) is 5.46. The monoisotopic (exact) mass is 237 g/mol. The highest BCUT2D eigenvalue weighted by Gasteiger charge is 2.21. The molecule has 0 aliphatic rings. The van der Waals surface area contributed by atoms with Gasteiger partial charge in [0.05, 0.1) is 19.3 Å². The van der Waals surface area contributed by atoms with Crippen molar-refractivity contribution in [3.63, 3.8) is 0 Å². The molecule has 5 nitrogen and oxygen atoms in total. The summed E-state index contributed by atoms with van der Waals surface area (Å²) >= 11 is 0. The lowest BCUT2D eigenvalue weighted by Gasteiger charge is -2.18. The van der Waals surface area contributed by atoms with Crippen LogP contribution in [-0.2, 0) is 19.6 Å². The third-order valence-electron chi connectivity index (χ3n) is 1.50. The van der Waals surface area contributed by atoms with E-state index >= 15 is 0 Å². The maximum atomic E-state index is 11.5. The minimum absolute atomic E-state index is 0.0428. The average Bonchev–Trinajstić information content (AvgIpc) is 1.98. The molecule has 0 fully saturated rings. The molecule has 0 saturated carbocycles. The fraction of sp³-hybridized carbons (Fsp3) is 0.889. The molecule has 0 amide bonds. The first kappa shape index (κ1) is 14.4. The Morgan fingerprint density at radius 1 is 1.33 bits per heavy atom. The number of carbonyl (C=O) groups excluding carboxylic acids is 1. The minimum Gasteiger partial charge on any atom is -0.469 e. The van der Waals surface area contributed by atoms with Crippen LogP contribution >= 0.6 is 0 Å². The molecule has 0 aliphatic heterocycles. The predicted octanol–water partition coefficient (Wildman–Crippen LogP) is 0.515. The third-order valence-corrected chi connectivity index (χ3v) is 3.39. The topological polar surface area (TPSA) is 72.5 Å². The lowest BCUT2D eigenvalue weighted by molar-refractivity contribution is -0.140. The quantitative estimate of drug-likeness (QED) is 0.707. The molecule has 0 saturated heterocycles. The second-order valence-corrected chi connectivity index (χ2v) is 6.35. The molecule has 0 aromatic carbocycles. The van der Waals surface area contributed by atoms with E-state index in [2.05, 4.69) is 9.46 Å². The van der Waals surface area contributed by atoms with Crippen molar-refractivity contribution in [3.8, 4) is 0 Å². The van der Waals surface area contributed by atoms with Gasteiger partial charge in [-0.1, -0.05) is 20.8 Å². The Morgan fingerprint density at radius 3 is 2.27 bits per heavy atom. The van der Waals surface area contributed by atoms with Crippen LogP contribution in [0.4, 0.5) is 0 Å². The Kier molecular flexibility index (Phi) is 5.23. The summed E-state index contributed by atoms with van der Waals surface area (Å²) in [6.07, 6.45) is 0.0554. The van der Waals surface area contributed by atoms with E-state index in [-0.39, 0.29) is 24.1 Å². The zero-order chi connectivity index (χ0) is 12.1. The normalized spacial score (nSPS) is 12.5. The van der Waals surface area contributed by atoms with Gasteiger partial charge >= 0.3 is 5.97 Å². The van der Waals surface area contributed by atoms with Gasteiger partial charge in [-0.05, 0) is 5.41 Å². The fourth-order valence-electron chi connectivity index (χ4n) is 1.03. The standard InChI is InChI=1S/C9H19NO4S/c1-9(2,3)7-15(12,13)10-6-5-8(11)14-4/h10H,5-7H2,1-4H3. The van der Waals surface area contributed by atoms with Crippen molar-refractivity contribution in [2.45, 2.75) is 27.2 Å². The molecule has 0 bridgehead atoms. The summed E-state index contributed by atoms with van der Waals surface area (Å²) in [5.41, 5.74) is -0.295. The van der Waals surface area contributed by atoms with Gasteiger partial charge in [-0.3, -0.25) is 4.79 Å².